The summed E-state index contributed by atoms with van der Waals surface area (Å²) in [7, 11) is 0. The highest BCUT2D eigenvalue weighted by Gasteiger charge is 2.30. The molecule has 0 radical (unpaired) electrons. The number of carbonyl (C=O) groups excluding carboxylic acids is 2. The van der Waals surface area contributed by atoms with Gasteiger partial charge in [0.25, 0.3) is 0 Å². The van der Waals surface area contributed by atoms with Gasteiger partial charge in [0.05, 0.1) is 12.6 Å². The molecule has 1 heterocycles. The number of ether oxygens (including phenoxy) is 2. The Bertz CT molecular complexity index is 295. The van der Waals surface area contributed by atoms with E-state index in [1.807, 2.05) is 20.8 Å². The predicted molar refractivity (Wildman–Crippen MR) is 62.8 cm³/mol. The highest BCUT2D eigenvalue weighted by atomic mass is 16.6. The van der Waals surface area contributed by atoms with E-state index in [1.165, 1.54) is 6.92 Å². The zero-order valence-electron chi connectivity index (χ0n) is 11.0. The van der Waals surface area contributed by atoms with Crippen LogP contribution in [-0.4, -0.2) is 48.2 Å². The highest BCUT2D eigenvalue weighted by molar-refractivity contribution is 5.76. The van der Waals surface area contributed by atoms with E-state index in [0.717, 1.165) is 6.42 Å². The van der Waals surface area contributed by atoms with Crippen molar-refractivity contribution in [1.29, 1.82) is 0 Å². The summed E-state index contributed by atoms with van der Waals surface area (Å²) < 4.78 is 10.6. The van der Waals surface area contributed by atoms with Gasteiger partial charge >= 0.3 is 6.09 Å². The maximum atomic E-state index is 11.7. The van der Waals surface area contributed by atoms with Crippen molar-refractivity contribution in [1.82, 2.24) is 4.90 Å². The summed E-state index contributed by atoms with van der Waals surface area (Å²) in [6, 6.07) is 0. The molecule has 98 valence electrons. The van der Waals surface area contributed by atoms with Gasteiger partial charge in [-0.3, -0.25) is 4.79 Å². The van der Waals surface area contributed by atoms with Crippen molar-refractivity contribution in [3.63, 3.8) is 0 Å². The molecule has 1 amide bonds. The molecule has 1 rings (SSSR count). The van der Waals surface area contributed by atoms with E-state index >= 15 is 0 Å². The second-order valence-corrected chi connectivity index (χ2v) is 5.35. The van der Waals surface area contributed by atoms with Gasteiger partial charge in [0, 0.05) is 6.54 Å². The number of amides is 1. The minimum Gasteiger partial charge on any atom is -0.444 e. The highest BCUT2D eigenvalue weighted by Crippen LogP contribution is 2.17. The largest absolute Gasteiger partial charge is 0.444 e. The molecule has 0 aromatic rings. The summed E-state index contributed by atoms with van der Waals surface area (Å²) >= 11 is 0. The first-order valence-corrected chi connectivity index (χ1v) is 5.87. The molecule has 0 aliphatic carbocycles. The first-order chi connectivity index (χ1) is 7.78. The van der Waals surface area contributed by atoms with Crippen LogP contribution in [0.4, 0.5) is 4.79 Å². The first kappa shape index (κ1) is 14.0. The topological polar surface area (TPSA) is 55.8 Å². The van der Waals surface area contributed by atoms with Gasteiger partial charge in [-0.25, -0.2) is 4.79 Å². The number of carbonyl (C=O) groups is 2. The third-order valence-corrected chi connectivity index (χ3v) is 2.32. The van der Waals surface area contributed by atoms with Crippen LogP contribution >= 0.6 is 0 Å². The summed E-state index contributed by atoms with van der Waals surface area (Å²) in [5.41, 5.74) is -0.477. The second kappa shape index (κ2) is 5.49. The molecule has 5 nitrogen and oxygen atoms in total. The second-order valence-electron chi connectivity index (χ2n) is 5.35. The average molecular weight is 243 g/mol. The van der Waals surface area contributed by atoms with Crippen molar-refractivity contribution >= 4 is 11.9 Å². The molecule has 1 aliphatic heterocycles. The lowest BCUT2D eigenvalue weighted by molar-refractivity contribution is -0.123. The van der Waals surface area contributed by atoms with Crippen LogP contribution in [0, 0.1) is 0 Å². The molecule has 0 aromatic heterocycles. The number of nitrogens with zero attached hydrogens (tertiary/aromatic N) is 1. The molecule has 5 heteroatoms. The zero-order valence-corrected chi connectivity index (χ0v) is 11.0. The quantitative estimate of drug-likeness (QED) is 0.755. The maximum absolute atomic E-state index is 11.7. The lowest BCUT2D eigenvalue weighted by Crippen LogP contribution is -2.36. The van der Waals surface area contributed by atoms with Crippen molar-refractivity contribution in [2.75, 3.05) is 19.7 Å². The van der Waals surface area contributed by atoms with Crippen LogP contribution in [0.15, 0.2) is 0 Å². The van der Waals surface area contributed by atoms with Crippen molar-refractivity contribution < 1.29 is 19.1 Å². The molecule has 17 heavy (non-hydrogen) atoms. The summed E-state index contributed by atoms with van der Waals surface area (Å²) in [6.45, 7) is 8.24. The lowest BCUT2D eigenvalue weighted by Gasteiger charge is -2.24. The fraction of sp³-hybridized carbons (Fsp3) is 0.833. The molecule has 0 aromatic carbocycles. The molecular formula is C12H21NO4. The summed E-state index contributed by atoms with van der Waals surface area (Å²) in [5.74, 6) is 0.000665. The third kappa shape index (κ3) is 5.17. The Morgan fingerprint density at radius 1 is 1.35 bits per heavy atom. The van der Waals surface area contributed by atoms with Crippen LogP contribution < -0.4 is 0 Å². The standard InChI is InChI=1S/C12H21NO4/c1-9(14)8-16-10-5-6-13(7-10)11(15)17-12(2,3)4/h10H,5-8H2,1-4H3. The molecule has 1 saturated heterocycles. The Labute approximate surface area is 102 Å². The van der Waals surface area contributed by atoms with Gasteiger partial charge in [-0.15, -0.1) is 0 Å². The summed E-state index contributed by atoms with van der Waals surface area (Å²) in [6.07, 6.45) is 0.393. The van der Waals surface area contributed by atoms with E-state index in [-0.39, 0.29) is 24.6 Å². The van der Waals surface area contributed by atoms with Crippen LogP contribution in [0.2, 0.25) is 0 Å². The zero-order chi connectivity index (χ0) is 13.1. The van der Waals surface area contributed by atoms with E-state index in [2.05, 4.69) is 0 Å². The normalized spacial score (nSPS) is 20.5. The van der Waals surface area contributed by atoms with Gasteiger partial charge in [-0.1, -0.05) is 0 Å². The smallest absolute Gasteiger partial charge is 0.410 e. The molecule has 0 spiro atoms. The minimum absolute atomic E-state index is 0.000665. The Morgan fingerprint density at radius 3 is 2.53 bits per heavy atom. The van der Waals surface area contributed by atoms with E-state index < -0.39 is 5.60 Å². The molecule has 0 N–H and O–H groups in total. The molecule has 0 bridgehead atoms. The number of rotatable bonds is 3. The molecular weight excluding hydrogens is 222 g/mol. The number of likely N-dealkylation sites (tertiary alicyclic amines) is 1. The molecule has 1 aliphatic rings. The first-order valence-electron chi connectivity index (χ1n) is 5.87. The monoisotopic (exact) mass is 243 g/mol. The maximum Gasteiger partial charge on any atom is 0.410 e. The van der Waals surface area contributed by atoms with Crippen molar-refractivity contribution in [2.45, 2.75) is 45.8 Å². The van der Waals surface area contributed by atoms with Crippen LogP contribution in [0.3, 0.4) is 0 Å². The van der Waals surface area contributed by atoms with Gasteiger partial charge in [0.15, 0.2) is 5.78 Å². The van der Waals surface area contributed by atoms with Crippen molar-refractivity contribution in [3.05, 3.63) is 0 Å². The average Bonchev–Trinajstić information content (AvgIpc) is 2.60. The van der Waals surface area contributed by atoms with Crippen molar-refractivity contribution in [3.8, 4) is 0 Å². The lowest BCUT2D eigenvalue weighted by atomic mass is 10.2. The number of hydrogen-bond donors (Lipinski definition) is 0. The predicted octanol–water partition coefficient (Wildman–Crippen LogP) is 1.60. The Hall–Kier alpha value is -1.10. The van der Waals surface area contributed by atoms with Crippen molar-refractivity contribution in [2.24, 2.45) is 0 Å². The van der Waals surface area contributed by atoms with Crippen LogP contribution in [0.1, 0.15) is 34.1 Å². The van der Waals surface area contributed by atoms with E-state index in [4.69, 9.17) is 9.47 Å². The number of hydrogen-bond acceptors (Lipinski definition) is 4. The Morgan fingerprint density at radius 2 is 2.00 bits per heavy atom. The van der Waals surface area contributed by atoms with E-state index in [1.54, 1.807) is 4.90 Å². The molecule has 1 fully saturated rings. The van der Waals surface area contributed by atoms with Gasteiger partial charge < -0.3 is 14.4 Å². The summed E-state index contributed by atoms with van der Waals surface area (Å²) in [5, 5.41) is 0. The SMILES string of the molecule is CC(=O)COC1CCN(C(=O)OC(C)(C)C)C1. The van der Waals surface area contributed by atoms with Gasteiger partial charge in [-0.2, -0.15) is 0 Å². The van der Waals surface area contributed by atoms with Gasteiger partial charge in [0.1, 0.15) is 12.2 Å². The van der Waals surface area contributed by atoms with Crippen LogP contribution in [0.5, 0.6) is 0 Å². The molecule has 1 atom stereocenters. The third-order valence-electron chi connectivity index (χ3n) is 2.32. The van der Waals surface area contributed by atoms with Crippen LogP contribution in [-0.2, 0) is 14.3 Å². The minimum atomic E-state index is -0.477. The fourth-order valence-corrected chi connectivity index (χ4v) is 1.59. The fourth-order valence-electron chi connectivity index (χ4n) is 1.59. The Kier molecular flexibility index (Phi) is 4.51. The Balaban J connectivity index is 2.34. The molecule has 0 saturated carbocycles. The number of ketones is 1. The van der Waals surface area contributed by atoms with Gasteiger partial charge in [0.2, 0.25) is 0 Å². The number of Topliss-reactive ketones (excluding diaryl/α,β-unsaturated/α-hetero) is 1. The summed E-state index contributed by atoms with van der Waals surface area (Å²) in [4.78, 5) is 24.1. The molecule has 1 unspecified atom stereocenters. The van der Waals surface area contributed by atoms with Gasteiger partial charge in [-0.05, 0) is 34.1 Å². The van der Waals surface area contributed by atoms with Crippen LogP contribution in [0.25, 0.3) is 0 Å². The van der Waals surface area contributed by atoms with E-state index in [0.29, 0.717) is 13.1 Å². The van der Waals surface area contributed by atoms with E-state index in [9.17, 15) is 9.59 Å².